The number of amides is 1. The molecule has 0 fully saturated rings. The number of aromatic nitrogens is 1. The van der Waals surface area contributed by atoms with Gasteiger partial charge in [0.1, 0.15) is 5.69 Å². The quantitative estimate of drug-likeness (QED) is 0.869. The summed E-state index contributed by atoms with van der Waals surface area (Å²) in [4.78, 5) is 14.0. The molecule has 0 saturated carbocycles. The van der Waals surface area contributed by atoms with Gasteiger partial charge in [0.25, 0.3) is 0 Å². The molecule has 0 aliphatic rings. The predicted molar refractivity (Wildman–Crippen MR) is 50.5 cm³/mol. The Morgan fingerprint density at radius 3 is 2.42 bits per heavy atom. The summed E-state index contributed by atoms with van der Waals surface area (Å²) in [5, 5.41) is 1.37. The number of carbonyl (C=O) groups excluding carboxylic acids is 1. The summed E-state index contributed by atoms with van der Waals surface area (Å²) in [5.41, 5.74) is -0.603. The zero-order valence-electron chi connectivity index (χ0n) is 8.97. The van der Waals surface area contributed by atoms with E-state index in [1.807, 2.05) is 0 Å². The number of alkyl halides is 6. The first-order chi connectivity index (χ1) is 8.59. The van der Waals surface area contributed by atoms with Gasteiger partial charge in [0.15, 0.2) is 6.61 Å². The fourth-order valence-corrected chi connectivity index (χ4v) is 0.944. The summed E-state index contributed by atoms with van der Waals surface area (Å²) in [6, 6.07) is 2.06. The highest BCUT2D eigenvalue weighted by atomic mass is 19.4. The Balaban J connectivity index is 2.82. The number of rotatable bonds is 3. The molecule has 0 atom stereocenters. The molecule has 19 heavy (non-hydrogen) atoms. The number of halogens is 6. The third kappa shape index (κ3) is 5.02. The van der Waals surface area contributed by atoms with E-state index in [9.17, 15) is 31.1 Å². The van der Waals surface area contributed by atoms with Crippen LogP contribution in [0.25, 0.3) is 0 Å². The highest BCUT2D eigenvalue weighted by molar-refractivity contribution is 5.95. The van der Waals surface area contributed by atoms with Crippen LogP contribution in [0.4, 0.5) is 32.0 Å². The van der Waals surface area contributed by atoms with Crippen LogP contribution >= 0.6 is 0 Å². The van der Waals surface area contributed by atoms with Crippen molar-refractivity contribution in [3.8, 4) is 5.88 Å². The largest absolute Gasteiger partial charge is 0.471 e. The maximum absolute atomic E-state index is 12.0. The van der Waals surface area contributed by atoms with Crippen molar-refractivity contribution in [3.63, 3.8) is 0 Å². The van der Waals surface area contributed by atoms with Gasteiger partial charge in [-0.05, 0) is 12.1 Å². The Hall–Kier alpha value is -2.00. The summed E-state index contributed by atoms with van der Waals surface area (Å²) < 4.78 is 75.9. The van der Waals surface area contributed by atoms with Crippen LogP contribution < -0.4 is 10.1 Å². The Morgan fingerprint density at radius 2 is 1.89 bits per heavy atom. The highest BCUT2D eigenvalue weighted by Crippen LogP contribution is 2.26. The molecule has 0 aromatic carbocycles. The third-order valence-electron chi connectivity index (χ3n) is 1.65. The van der Waals surface area contributed by atoms with Crippen LogP contribution in [0.15, 0.2) is 18.3 Å². The molecule has 1 aromatic heterocycles. The maximum Gasteiger partial charge on any atom is 0.471 e. The smallest absolute Gasteiger partial charge is 0.467 e. The summed E-state index contributed by atoms with van der Waals surface area (Å²) in [7, 11) is 0. The summed E-state index contributed by atoms with van der Waals surface area (Å²) in [5.74, 6) is -3.09. The number of nitrogens with zero attached hydrogens (tertiary/aromatic N) is 1. The number of anilines is 1. The molecule has 10 heteroatoms. The van der Waals surface area contributed by atoms with Gasteiger partial charge in [-0.3, -0.25) is 4.79 Å². The van der Waals surface area contributed by atoms with Gasteiger partial charge in [0.2, 0.25) is 5.88 Å². The zero-order valence-corrected chi connectivity index (χ0v) is 8.97. The van der Waals surface area contributed by atoms with Gasteiger partial charge in [0, 0.05) is 6.20 Å². The van der Waals surface area contributed by atoms with Crippen molar-refractivity contribution in [2.45, 2.75) is 12.4 Å². The van der Waals surface area contributed by atoms with Crippen molar-refractivity contribution in [2.75, 3.05) is 11.9 Å². The lowest BCUT2D eigenvalue weighted by Gasteiger charge is -2.13. The van der Waals surface area contributed by atoms with Crippen LogP contribution in [0.3, 0.4) is 0 Å². The lowest BCUT2D eigenvalue weighted by molar-refractivity contribution is -0.167. The molecule has 106 valence electrons. The Kier molecular flexibility index (Phi) is 4.22. The molecule has 1 aromatic rings. The van der Waals surface area contributed by atoms with Crippen LogP contribution in [0.2, 0.25) is 0 Å². The molecule has 0 bridgehead atoms. The van der Waals surface area contributed by atoms with Crippen LogP contribution in [0, 0.1) is 0 Å². The van der Waals surface area contributed by atoms with E-state index in [1.54, 1.807) is 0 Å². The van der Waals surface area contributed by atoms with Gasteiger partial charge in [0.05, 0.1) is 0 Å². The second kappa shape index (κ2) is 5.33. The van der Waals surface area contributed by atoms with E-state index in [0.29, 0.717) is 0 Å². The lowest BCUT2D eigenvalue weighted by atomic mass is 10.4. The maximum atomic E-state index is 12.0. The summed E-state index contributed by atoms with van der Waals surface area (Å²) >= 11 is 0. The van der Waals surface area contributed by atoms with Gasteiger partial charge in [-0.25, -0.2) is 4.98 Å². The lowest BCUT2D eigenvalue weighted by Crippen LogP contribution is -2.30. The number of carbonyl (C=O) groups is 1. The predicted octanol–water partition coefficient (Wildman–Crippen LogP) is 2.52. The minimum Gasteiger partial charge on any atom is -0.467 e. The fourth-order valence-electron chi connectivity index (χ4n) is 0.944. The van der Waals surface area contributed by atoms with Gasteiger partial charge in [-0.15, -0.1) is 0 Å². The second-order valence-corrected chi connectivity index (χ2v) is 3.21. The van der Waals surface area contributed by atoms with E-state index >= 15 is 0 Å². The van der Waals surface area contributed by atoms with Crippen molar-refractivity contribution in [1.29, 1.82) is 0 Å². The first-order valence-corrected chi connectivity index (χ1v) is 4.62. The topological polar surface area (TPSA) is 51.2 Å². The summed E-state index contributed by atoms with van der Waals surface area (Å²) in [6.45, 7) is -1.74. The molecule has 1 amide bonds. The van der Waals surface area contributed by atoms with E-state index in [2.05, 4.69) is 9.72 Å². The van der Waals surface area contributed by atoms with Crippen LogP contribution in [-0.2, 0) is 4.79 Å². The molecular weight excluding hydrogens is 282 g/mol. The van der Waals surface area contributed by atoms with E-state index in [-0.39, 0.29) is 0 Å². The number of nitrogens with one attached hydrogen (secondary N) is 1. The van der Waals surface area contributed by atoms with Crippen LogP contribution in [0.5, 0.6) is 5.88 Å². The first-order valence-electron chi connectivity index (χ1n) is 4.62. The second-order valence-electron chi connectivity index (χ2n) is 3.21. The average molecular weight is 288 g/mol. The minimum absolute atomic E-state index is 0.603. The van der Waals surface area contributed by atoms with Gasteiger partial charge < -0.3 is 10.1 Å². The number of ether oxygens (including phenoxy) is 1. The van der Waals surface area contributed by atoms with Crippen molar-refractivity contribution in [2.24, 2.45) is 0 Å². The zero-order chi connectivity index (χ0) is 14.7. The standard InChI is InChI=1S/C9H6F6N2O2/c10-8(11,12)4-19-6-5(2-1-3-16-6)17-7(18)9(13,14)15/h1-3H,4H2,(H,17,18). The molecule has 1 N–H and O–H groups in total. The Bertz CT molecular complexity index is 457. The first kappa shape index (κ1) is 15.1. The average Bonchev–Trinajstić information content (AvgIpc) is 2.25. The monoisotopic (exact) mass is 288 g/mol. The fraction of sp³-hybridized carbons (Fsp3) is 0.333. The molecule has 0 aliphatic carbocycles. The van der Waals surface area contributed by atoms with Crippen molar-refractivity contribution in [3.05, 3.63) is 18.3 Å². The Morgan fingerprint density at radius 1 is 1.26 bits per heavy atom. The number of hydrogen-bond donors (Lipinski definition) is 1. The molecule has 0 saturated heterocycles. The third-order valence-corrected chi connectivity index (χ3v) is 1.65. The Labute approximate surface area is 102 Å². The summed E-state index contributed by atoms with van der Waals surface area (Å²) in [6.07, 6.45) is -8.84. The van der Waals surface area contributed by atoms with Crippen LogP contribution in [-0.4, -0.2) is 29.9 Å². The number of pyridine rings is 1. The van der Waals surface area contributed by atoms with Gasteiger partial charge in [-0.1, -0.05) is 0 Å². The van der Waals surface area contributed by atoms with Crippen molar-refractivity contribution < 1.29 is 35.9 Å². The van der Waals surface area contributed by atoms with Gasteiger partial charge in [-0.2, -0.15) is 26.3 Å². The number of hydrogen-bond acceptors (Lipinski definition) is 3. The molecule has 0 aliphatic heterocycles. The van der Waals surface area contributed by atoms with Gasteiger partial charge >= 0.3 is 18.3 Å². The van der Waals surface area contributed by atoms with Crippen LogP contribution in [0.1, 0.15) is 0 Å². The van der Waals surface area contributed by atoms with E-state index in [1.165, 1.54) is 5.32 Å². The molecule has 0 radical (unpaired) electrons. The highest BCUT2D eigenvalue weighted by Gasteiger charge is 2.39. The van der Waals surface area contributed by atoms with E-state index < -0.39 is 36.4 Å². The molecule has 1 rings (SSSR count). The van der Waals surface area contributed by atoms with Crippen molar-refractivity contribution in [1.82, 2.24) is 4.98 Å². The normalized spacial score (nSPS) is 12.1. The molecule has 4 nitrogen and oxygen atoms in total. The molecule has 0 unspecified atom stereocenters. The van der Waals surface area contributed by atoms with E-state index in [4.69, 9.17) is 0 Å². The van der Waals surface area contributed by atoms with E-state index in [0.717, 1.165) is 18.3 Å². The SMILES string of the molecule is O=C(Nc1cccnc1OCC(F)(F)F)C(F)(F)F. The van der Waals surface area contributed by atoms with Crippen molar-refractivity contribution >= 4 is 11.6 Å². The molecular formula is C9H6F6N2O2. The minimum atomic E-state index is -5.17. The molecule has 0 spiro atoms. The molecule has 1 heterocycles.